The summed E-state index contributed by atoms with van der Waals surface area (Å²) < 4.78 is 62.9. The number of nitrogens with zero attached hydrogens (tertiary/aromatic N) is 3. The standard InChI is InChI=1S/C28H33F2N3O4S/c1-18-2-7-24(16-31-18)38(35,36)33-23-6-5-21(15-23)26(33)27(34)32(22-8-11-28(29,30)12-9-22)17-19-3-4-20-10-13-37-25(20)14-19/h2-4,7,14,16,21-23,26H,5-6,8-13,15,17H2,1H3/t21-,23+,26-/m0/s1. The number of benzene rings is 1. The van der Waals surface area contributed by atoms with Gasteiger partial charge in [0.2, 0.25) is 21.9 Å². The van der Waals surface area contributed by atoms with Crippen LogP contribution in [-0.4, -0.2) is 59.2 Å². The number of aromatic nitrogens is 1. The Labute approximate surface area is 222 Å². The Morgan fingerprint density at radius 3 is 2.68 bits per heavy atom. The molecule has 0 N–H and O–H groups in total. The second-order valence-corrected chi connectivity index (χ2v) is 13.1. The van der Waals surface area contributed by atoms with Crippen LogP contribution in [0.2, 0.25) is 0 Å². The Morgan fingerprint density at radius 2 is 1.95 bits per heavy atom. The first kappa shape index (κ1) is 25.7. The zero-order valence-electron chi connectivity index (χ0n) is 21.5. The van der Waals surface area contributed by atoms with Gasteiger partial charge in [0.25, 0.3) is 0 Å². The van der Waals surface area contributed by atoms with Gasteiger partial charge in [0, 0.05) is 49.8 Å². The predicted octanol–water partition coefficient (Wildman–Crippen LogP) is 4.47. The largest absolute Gasteiger partial charge is 0.493 e. The molecular formula is C28H33F2N3O4S. The highest BCUT2D eigenvalue weighted by atomic mass is 32.2. The molecule has 2 saturated carbocycles. The summed E-state index contributed by atoms with van der Waals surface area (Å²) in [4.78, 5) is 20.3. The highest BCUT2D eigenvalue weighted by Crippen LogP contribution is 2.47. The van der Waals surface area contributed by atoms with Crippen LogP contribution in [0.25, 0.3) is 0 Å². The topological polar surface area (TPSA) is 79.8 Å². The van der Waals surface area contributed by atoms with Crippen LogP contribution in [0.15, 0.2) is 41.4 Å². The van der Waals surface area contributed by atoms with Crippen LogP contribution in [0.4, 0.5) is 8.78 Å². The van der Waals surface area contributed by atoms with E-state index < -0.39 is 22.0 Å². The second kappa shape index (κ2) is 9.55. The van der Waals surface area contributed by atoms with E-state index in [-0.39, 0.29) is 61.0 Å². The number of hydrogen-bond donors (Lipinski definition) is 0. The number of rotatable bonds is 6. The fourth-order valence-electron chi connectivity index (χ4n) is 6.73. The zero-order valence-corrected chi connectivity index (χ0v) is 22.3. The van der Waals surface area contributed by atoms with Crippen molar-refractivity contribution in [1.29, 1.82) is 0 Å². The Morgan fingerprint density at radius 1 is 1.16 bits per heavy atom. The number of amides is 1. The van der Waals surface area contributed by atoms with Gasteiger partial charge in [-0.25, -0.2) is 17.2 Å². The van der Waals surface area contributed by atoms with Crippen LogP contribution < -0.4 is 4.74 Å². The number of alkyl halides is 2. The molecule has 10 heteroatoms. The fraction of sp³-hybridized carbons (Fsp3) is 0.571. The molecule has 2 aliphatic heterocycles. The van der Waals surface area contributed by atoms with Crippen molar-refractivity contribution in [1.82, 2.24) is 14.2 Å². The van der Waals surface area contributed by atoms with Gasteiger partial charge in [0.05, 0.1) is 6.61 Å². The molecule has 3 heterocycles. The lowest BCUT2D eigenvalue weighted by molar-refractivity contribution is -0.143. The van der Waals surface area contributed by atoms with Gasteiger partial charge in [-0.15, -0.1) is 0 Å². The number of sulfonamides is 1. The molecule has 4 aliphatic rings. The first-order valence-corrected chi connectivity index (χ1v) is 15.0. The number of fused-ring (bicyclic) bond motifs is 3. The molecule has 2 bridgehead atoms. The van der Waals surface area contributed by atoms with E-state index in [1.165, 1.54) is 16.6 Å². The summed E-state index contributed by atoms with van der Waals surface area (Å²) in [7, 11) is -3.96. The highest BCUT2D eigenvalue weighted by Gasteiger charge is 2.56. The van der Waals surface area contributed by atoms with Gasteiger partial charge in [-0.05, 0) is 74.3 Å². The van der Waals surface area contributed by atoms with Crippen molar-refractivity contribution in [3.8, 4) is 5.75 Å². The molecule has 0 unspecified atom stereocenters. The quantitative estimate of drug-likeness (QED) is 0.535. The number of carbonyl (C=O) groups excluding carboxylic acids is 1. The third-order valence-corrected chi connectivity index (χ3v) is 10.7. The number of pyridine rings is 1. The Kier molecular flexibility index (Phi) is 6.45. The van der Waals surface area contributed by atoms with Gasteiger partial charge in [-0.1, -0.05) is 12.1 Å². The maximum atomic E-state index is 14.4. The smallest absolute Gasteiger partial charge is 0.248 e. The van der Waals surface area contributed by atoms with Crippen molar-refractivity contribution >= 4 is 15.9 Å². The number of piperidine rings is 1. The second-order valence-electron chi connectivity index (χ2n) is 11.2. The molecule has 1 amide bonds. The molecule has 1 aromatic carbocycles. The van der Waals surface area contributed by atoms with Gasteiger partial charge in [0.15, 0.2) is 0 Å². The Bertz CT molecular complexity index is 1320. The molecule has 0 spiro atoms. The van der Waals surface area contributed by atoms with Gasteiger partial charge in [-0.2, -0.15) is 4.31 Å². The monoisotopic (exact) mass is 545 g/mol. The Balaban J connectivity index is 1.33. The third-order valence-electron chi connectivity index (χ3n) is 8.76. The van der Waals surface area contributed by atoms with Crippen molar-refractivity contribution in [3.63, 3.8) is 0 Å². The molecule has 2 aliphatic carbocycles. The number of aryl methyl sites for hydroxylation is 1. The summed E-state index contributed by atoms with van der Waals surface area (Å²) >= 11 is 0. The molecule has 1 saturated heterocycles. The molecule has 204 valence electrons. The third kappa shape index (κ3) is 4.59. The number of halogens is 2. The van der Waals surface area contributed by atoms with Crippen molar-refractivity contribution < 1.29 is 26.7 Å². The maximum absolute atomic E-state index is 14.4. The predicted molar refractivity (Wildman–Crippen MR) is 136 cm³/mol. The summed E-state index contributed by atoms with van der Waals surface area (Å²) in [5.41, 5.74) is 2.68. The van der Waals surface area contributed by atoms with Crippen LogP contribution >= 0.6 is 0 Å². The van der Waals surface area contributed by atoms with E-state index in [0.717, 1.165) is 29.7 Å². The van der Waals surface area contributed by atoms with Gasteiger partial charge in [0.1, 0.15) is 16.7 Å². The lowest BCUT2D eigenvalue weighted by Crippen LogP contribution is -2.56. The van der Waals surface area contributed by atoms with E-state index in [1.54, 1.807) is 17.9 Å². The minimum absolute atomic E-state index is 0.0769. The van der Waals surface area contributed by atoms with Crippen LogP contribution in [0.3, 0.4) is 0 Å². The SMILES string of the molecule is Cc1ccc(S(=O)(=O)N2[C@@H]3CC[C@@H](C3)[C@H]2C(=O)N(Cc2ccc3c(c2)OCC3)C2CCC(F)(F)CC2)cn1. The molecule has 2 aromatic rings. The van der Waals surface area contributed by atoms with Crippen molar-refractivity contribution in [2.24, 2.45) is 5.92 Å². The lowest BCUT2D eigenvalue weighted by Gasteiger charge is -2.41. The van der Waals surface area contributed by atoms with E-state index in [1.807, 2.05) is 18.2 Å². The first-order valence-electron chi connectivity index (χ1n) is 13.5. The minimum Gasteiger partial charge on any atom is -0.493 e. The summed E-state index contributed by atoms with van der Waals surface area (Å²) in [5, 5.41) is 0. The van der Waals surface area contributed by atoms with Gasteiger partial charge >= 0.3 is 0 Å². The van der Waals surface area contributed by atoms with Crippen LogP contribution in [0.1, 0.15) is 61.8 Å². The van der Waals surface area contributed by atoms with Gasteiger partial charge < -0.3 is 9.64 Å². The van der Waals surface area contributed by atoms with E-state index >= 15 is 0 Å². The van der Waals surface area contributed by atoms with Crippen molar-refractivity contribution in [3.05, 3.63) is 53.3 Å². The fourth-order valence-corrected chi connectivity index (χ4v) is 8.54. The number of carbonyl (C=O) groups is 1. The average Bonchev–Trinajstić information content (AvgIpc) is 3.63. The summed E-state index contributed by atoms with van der Waals surface area (Å²) in [5.74, 6) is -2.30. The minimum atomic E-state index is -3.96. The van der Waals surface area contributed by atoms with Crippen LogP contribution in [0.5, 0.6) is 5.75 Å². The highest BCUT2D eigenvalue weighted by molar-refractivity contribution is 7.89. The van der Waals surface area contributed by atoms with E-state index in [9.17, 15) is 22.0 Å². The molecule has 0 radical (unpaired) electrons. The average molecular weight is 546 g/mol. The van der Waals surface area contributed by atoms with Crippen molar-refractivity contribution in [2.45, 2.75) is 93.8 Å². The van der Waals surface area contributed by atoms with E-state index in [4.69, 9.17) is 4.74 Å². The van der Waals surface area contributed by atoms with E-state index in [0.29, 0.717) is 25.1 Å². The molecule has 3 atom stereocenters. The molecule has 6 rings (SSSR count). The summed E-state index contributed by atoms with van der Waals surface area (Å²) in [6, 6.07) is 7.61. The normalized spacial score (nSPS) is 26.8. The number of hydrogen-bond acceptors (Lipinski definition) is 5. The number of ether oxygens (including phenoxy) is 1. The van der Waals surface area contributed by atoms with Crippen LogP contribution in [0, 0.1) is 12.8 Å². The van der Waals surface area contributed by atoms with Crippen molar-refractivity contribution in [2.75, 3.05) is 6.61 Å². The van der Waals surface area contributed by atoms with Gasteiger partial charge in [-0.3, -0.25) is 9.78 Å². The summed E-state index contributed by atoms with van der Waals surface area (Å²) in [6.07, 6.45) is 4.15. The molecule has 38 heavy (non-hydrogen) atoms. The lowest BCUT2D eigenvalue weighted by atomic mass is 9.89. The van der Waals surface area contributed by atoms with E-state index in [2.05, 4.69) is 4.98 Å². The zero-order chi connectivity index (χ0) is 26.7. The molecule has 1 aromatic heterocycles. The first-order chi connectivity index (χ1) is 18.1. The Hall–Kier alpha value is -2.59. The molecule has 3 fully saturated rings. The maximum Gasteiger partial charge on any atom is 0.248 e. The summed E-state index contributed by atoms with van der Waals surface area (Å²) in [6.45, 7) is 2.64. The van der Waals surface area contributed by atoms with Crippen LogP contribution in [-0.2, 0) is 27.8 Å². The molecular weight excluding hydrogens is 512 g/mol. The molecule has 7 nitrogen and oxygen atoms in total.